The van der Waals surface area contributed by atoms with Crippen LogP contribution in [0.4, 0.5) is 17.1 Å². The van der Waals surface area contributed by atoms with E-state index in [1.807, 2.05) is 34.8 Å². The highest BCUT2D eigenvalue weighted by Gasteiger charge is 2.27. The van der Waals surface area contributed by atoms with Crippen molar-refractivity contribution in [3.63, 3.8) is 0 Å². The van der Waals surface area contributed by atoms with Crippen molar-refractivity contribution in [3.8, 4) is 58.3 Å². The number of carboxylic acids is 1. The van der Waals surface area contributed by atoms with Crippen molar-refractivity contribution in [1.82, 2.24) is 0 Å². The van der Waals surface area contributed by atoms with Gasteiger partial charge in [-0.3, -0.25) is 0 Å². The average Bonchev–Trinajstić information content (AvgIpc) is 4.15. The van der Waals surface area contributed by atoms with Crippen molar-refractivity contribution >= 4 is 63.1 Å². The monoisotopic (exact) mass is 958 g/mol. The zero-order valence-corrected chi connectivity index (χ0v) is 41.7. The van der Waals surface area contributed by atoms with Gasteiger partial charge in [-0.1, -0.05) is 136 Å². The molecule has 69 heavy (non-hydrogen) atoms. The van der Waals surface area contributed by atoms with Crippen molar-refractivity contribution in [2.45, 2.75) is 103 Å². The lowest BCUT2D eigenvalue weighted by Crippen LogP contribution is -2.09. The lowest BCUT2D eigenvalue weighted by Gasteiger charge is -2.25. The molecule has 2 aliphatic carbocycles. The maximum Gasteiger partial charge on any atom is 0.346 e. The predicted molar refractivity (Wildman–Crippen MR) is 293 cm³/mol. The molecular weight excluding hydrogens is 901 g/mol. The van der Waals surface area contributed by atoms with Crippen molar-refractivity contribution in [2.75, 3.05) is 4.90 Å². The topological polar surface area (TPSA) is 64.3 Å². The maximum atomic E-state index is 11.9. The molecule has 0 fully saturated rings. The largest absolute Gasteiger partial charge is 0.477 e. The van der Waals surface area contributed by atoms with Gasteiger partial charge < -0.3 is 10.0 Å². The molecular formula is C62H58N2O2S3. The lowest BCUT2D eigenvalue weighted by atomic mass is 9.86. The Balaban J connectivity index is 1.21. The Labute approximate surface area is 419 Å². The number of carboxylic acid groups (broad SMARTS) is 1. The summed E-state index contributed by atoms with van der Waals surface area (Å²) in [6.07, 6.45) is 20.6. The molecule has 2 bridgehead atoms. The number of nitriles is 1. The van der Waals surface area contributed by atoms with Gasteiger partial charge in [0.25, 0.3) is 0 Å². The number of hydrogen-bond acceptors (Lipinski definition) is 6. The van der Waals surface area contributed by atoms with E-state index in [1.54, 1.807) is 11.3 Å². The van der Waals surface area contributed by atoms with Gasteiger partial charge in [0.05, 0.1) is 9.75 Å². The highest BCUT2D eigenvalue weighted by atomic mass is 32.1. The molecule has 3 aromatic heterocycles. The van der Waals surface area contributed by atoms with Crippen molar-refractivity contribution in [1.29, 1.82) is 5.26 Å². The Morgan fingerprint density at radius 3 is 1.38 bits per heavy atom. The first kappa shape index (κ1) is 46.4. The first-order chi connectivity index (χ1) is 34.0. The molecule has 10 rings (SSSR count). The van der Waals surface area contributed by atoms with Crippen LogP contribution in [0.2, 0.25) is 0 Å². The van der Waals surface area contributed by atoms with E-state index >= 15 is 0 Å². The molecule has 0 atom stereocenters. The summed E-state index contributed by atoms with van der Waals surface area (Å²) in [6, 6.07) is 55.6. The third kappa shape index (κ3) is 10.5. The Morgan fingerprint density at radius 1 is 0.478 bits per heavy atom. The molecule has 2 aliphatic rings. The number of para-hydroxylation sites is 2. The Bertz CT molecular complexity index is 3020. The second-order valence-electron chi connectivity index (χ2n) is 18.6. The van der Waals surface area contributed by atoms with Crippen LogP contribution in [0.3, 0.4) is 0 Å². The van der Waals surface area contributed by atoms with Crippen LogP contribution in [0.15, 0.2) is 151 Å². The fourth-order valence-corrected chi connectivity index (χ4v) is 14.0. The van der Waals surface area contributed by atoms with E-state index in [-0.39, 0.29) is 5.57 Å². The number of nitrogens with zero attached hydrogens (tertiary/aromatic N) is 2. The third-order valence-corrected chi connectivity index (χ3v) is 17.6. The van der Waals surface area contributed by atoms with Crippen molar-refractivity contribution in [3.05, 3.63) is 178 Å². The van der Waals surface area contributed by atoms with Crippen LogP contribution in [-0.2, 0) is 30.5 Å². The van der Waals surface area contributed by atoms with Crippen LogP contribution in [0.5, 0.6) is 0 Å². The molecule has 0 spiro atoms. The zero-order valence-electron chi connectivity index (χ0n) is 39.2. The zero-order chi connectivity index (χ0) is 46.9. The molecule has 4 nitrogen and oxygen atoms in total. The first-order valence-electron chi connectivity index (χ1n) is 25.0. The van der Waals surface area contributed by atoms with Crippen LogP contribution in [0.25, 0.3) is 58.3 Å². The number of thiophene rings is 3. The summed E-state index contributed by atoms with van der Waals surface area (Å²) in [5, 5.41) is 19.4. The number of hydrogen-bond donors (Lipinski definition) is 1. The SMILES string of the molecule is N#C/C(=C\c1ccc(-c2cc3c(s2)-c2sc(-c4ccc(N(c5ccccc5)c5ccccc5)cc4)cc2-c2c4cccc2CCCCCCCCc2cccc(c2-3)CCCCCCCC4)s1)C(=O)O. The van der Waals surface area contributed by atoms with E-state index in [0.29, 0.717) is 0 Å². The summed E-state index contributed by atoms with van der Waals surface area (Å²) in [4.78, 5) is 21.1. The fraction of sp³-hybridized carbons (Fsp3) is 0.258. The number of anilines is 3. The van der Waals surface area contributed by atoms with Gasteiger partial charge in [-0.05, 0) is 157 Å². The molecule has 0 saturated carbocycles. The molecule has 3 heterocycles. The summed E-state index contributed by atoms with van der Waals surface area (Å²) in [5.41, 5.74) is 15.6. The normalized spacial score (nSPS) is 14.8. The van der Waals surface area contributed by atoms with Gasteiger partial charge >= 0.3 is 5.97 Å². The van der Waals surface area contributed by atoms with E-state index < -0.39 is 5.97 Å². The molecule has 0 aliphatic heterocycles. The minimum Gasteiger partial charge on any atom is -0.477 e. The number of aryl methyl sites for hydroxylation is 4. The van der Waals surface area contributed by atoms with Gasteiger partial charge in [-0.15, -0.1) is 34.0 Å². The van der Waals surface area contributed by atoms with Crippen LogP contribution < -0.4 is 4.90 Å². The number of aliphatic carboxylic acids is 1. The summed E-state index contributed by atoms with van der Waals surface area (Å²) in [5.74, 6) is -1.21. The van der Waals surface area contributed by atoms with Gasteiger partial charge in [-0.2, -0.15) is 5.26 Å². The van der Waals surface area contributed by atoms with Crippen LogP contribution in [-0.4, -0.2) is 11.1 Å². The Morgan fingerprint density at radius 2 is 0.913 bits per heavy atom. The number of carbonyl (C=O) groups is 1. The van der Waals surface area contributed by atoms with Gasteiger partial charge in [-0.25, -0.2) is 4.79 Å². The minimum atomic E-state index is -1.21. The molecule has 346 valence electrons. The van der Waals surface area contributed by atoms with Crippen LogP contribution in [0.1, 0.15) is 104 Å². The molecule has 8 aromatic rings. The Hall–Kier alpha value is -6.30. The highest BCUT2D eigenvalue weighted by molar-refractivity contribution is 7.28. The molecule has 1 N–H and O–H groups in total. The Kier molecular flexibility index (Phi) is 14.8. The smallest absolute Gasteiger partial charge is 0.346 e. The quantitative estimate of drug-likeness (QED) is 0.128. The molecule has 7 heteroatoms. The fourth-order valence-electron chi connectivity index (χ4n) is 10.5. The van der Waals surface area contributed by atoms with Crippen molar-refractivity contribution in [2.24, 2.45) is 0 Å². The van der Waals surface area contributed by atoms with Gasteiger partial charge in [0.2, 0.25) is 0 Å². The molecule has 5 aromatic carbocycles. The van der Waals surface area contributed by atoms with Gasteiger partial charge in [0, 0.05) is 47.7 Å². The highest BCUT2D eigenvalue weighted by Crippen LogP contribution is 2.54. The van der Waals surface area contributed by atoms with E-state index in [2.05, 4.69) is 144 Å². The third-order valence-electron chi connectivity index (χ3n) is 13.9. The first-order valence-corrected chi connectivity index (χ1v) is 27.4. The molecule has 0 amide bonds. The molecule has 0 unspecified atom stereocenters. The average molecular weight is 959 g/mol. The summed E-state index contributed by atoms with van der Waals surface area (Å²) < 4.78 is 0. The lowest BCUT2D eigenvalue weighted by molar-refractivity contribution is -0.132. The van der Waals surface area contributed by atoms with E-state index in [1.165, 1.54) is 148 Å². The van der Waals surface area contributed by atoms with E-state index in [4.69, 9.17) is 0 Å². The molecule has 0 saturated heterocycles. The number of benzene rings is 5. The van der Waals surface area contributed by atoms with E-state index in [9.17, 15) is 15.2 Å². The standard InChI is InChI=1S/C62H58N2O2S3/c63-42-48(62(65)66)39-52-37-38-55(67-52)57-41-54-59-46-23-13-7-3-1-5-11-21-44-25-19-26-45(22-12-6-2-4-8-14-24-47(59)28-20-27-46)58(44)53-40-56(68-60(53)61(54)69-57)43-33-35-51(36-34-43)64(49-29-15-9-16-30-49)50-31-17-10-18-32-50/h9-10,15-20,25-41H,1-8,11-14,21-24H2,(H,65,66)/b48-39+. The second-order valence-corrected chi connectivity index (χ2v) is 21.8. The summed E-state index contributed by atoms with van der Waals surface area (Å²) in [6.45, 7) is 0. The number of rotatable bonds is 7. The van der Waals surface area contributed by atoms with Gasteiger partial charge in [0.15, 0.2) is 0 Å². The van der Waals surface area contributed by atoms with Crippen molar-refractivity contribution < 1.29 is 9.90 Å². The van der Waals surface area contributed by atoms with Gasteiger partial charge in [0.1, 0.15) is 11.6 Å². The maximum absolute atomic E-state index is 11.9. The van der Waals surface area contributed by atoms with E-state index in [0.717, 1.165) is 57.4 Å². The summed E-state index contributed by atoms with van der Waals surface area (Å²) >= 11 is 5.36. The predicted octanol–water partition coefficient (Wildman–Crippen LogP) is 18.5. The molecule has 0 radical (unpaired) electrons. The van der Waals surface area contributed by atoms with Crippen LogP contribution >= 0.6 is 34.0 Å². The second kappa shape index (κ2) is 22.0. The minimum absolute atomic E-state index is 0.256. The van der Waals surface area contributed by atoms with Crippen LogP contribution in [0, 0.1) is 11.3 Å². The summed E-state index contributed by atoms with van der Waals surface area (Å²) in [7, 11) is 0.